The molecule has 7 nitrogen and oxygen atoms in total. The third-order valence-electron chi connectivity index (χ3n) is 4.53. The van der Waals surface area contributed by atoms with Crippen LogP contribution in [-0.2, 0) is 0 Å². The topological polar surface area (TPSA) is 89.0 Å². The van der Waals surface area contributed by atoms with Gasteiger partial charge in [0.15, 0.2) is 0 Å². The van der Waals surface area contributed by atoms with Gasteiger partial charge in [0.2, 0.25) is 5.88 Å². The van der Waals surface area contributed by atoms with Gasteiger partial charge in [-0.1, -0.05) is 6.07 Å². The molecule has 1 aliphatic rings. The quantitative estimate of drug-likeness (QED) is 0.741. The third-order valence-corrected chi connectivity index (χ3v) is 4.53. The summed E-state index contributed by atoms with van der Waals surface area (Å²) in [4.78, 5) is 25.4. The number of pyridine rings is 1. The fraction of sp³-hybridized carbons (Fsp3) is 0.300. The molecule has 2 aromatic heterocycles. The predicted molar refractivity (Wildman–Crippen MR) is 103 cm³/mol. The lowest BCUT2D eigenvalue weighted by Gasteiger charge is -2.22. The van der Waals surface area contributed by atoms with Crippen molar-refractivity contribution < 1.29 is 9.53 Å². The first-order valence-corrected chi connectivity index (χ1v) is 9.05. The van der Waals surface area contributed by atoms with Gasteiger partial charge in [0, 0.05) is 11.6 Å². The van der Waals surface area contributed by atoms with Crippen molar-refractivity contribution >= 4 is 22.5 Å². The molecule has 1 aromatic carbocycles. The molecule has 2 N–H and O–H groups in total. The Morgan fingerprint density at radius 1 is 1.19 bits per heavy atom. The van der Waals surface area contributed by atoms with E-state index in [1.807, 2.05) is 31.2 Å². The van der Waals surface area contributed by atoms with E-state index in [2.05, 4.69) is 25.6 Å². The van der Waals surface area contributed by atoms with Crippen molar-refractivity contribution in [1.82, 2.24) is 20.3 Å². The van der Waals surface area contributed by atoms with E-state index in [1.165, 1.54) is 12.4 Å². The second-order valence-corrected chi connectivity index (χ2v) is 6.65. The van der Waals surface area contributed by atoms with Crippen molar-refractivity contribution in [3.63, 3.8) is 0 Å². The molecule has 138 valence electrons. The first-order valence-electron chi connectivity index (χ1n) is 9.05. The largest absolute Gasteiger partial charge is 0.473 e. The second kappa shape index (κ2) is 7.67. The monoisotopic (exact) mass is 363 g/mol. The van der Waals surface area contributed by atoms with E-state index in [-0.39, 0.29) is 17.7 Å². The number of piperidine rings is 1. The molecule has 0 atom stereocenters. The molecule has 0 saturated carbocycles. The molecule has 7 heteroatoms. The predicted octanol–water partition coefficient (Wildman–Crippen LogP) is 2.72. The minimum absolute atomic E-state index is 0.143. The van der Waals surface area contributed by atoms with Gasteiger partial charge in [0.05, 0.1) is 23.6 Å². The summed E-state index contributed by atoms with van der Waals surface area (Å²) >= 11 is 0. The summed E-state index contributed by atoms with van der Waals surface area (Å²) in [6.45, 7) is 3.86. The van der Waals surface area contributed by atoms with E-state index in [0.717, 1.165) is 42.4 Å². The number of amides is 1. The number of carbonyl (C=O) groups excluding carboxylic acids is 1. The highest BCUT2D eigenvalue weighted by Gasteiger charge is 2.16. The normalized spacial score (nSPS) is 14.9. The lowest BCUT2D eigenvalue weighted by molar-refractivity contribution is 0.102. The maximum absolute atomic E-state index is 12.6. The van der Waals surface area contributed by atoms with Gasteiger partial charge in [0.25, 0.3) is 5.91 Å². The van der Waals surface area contributed by atoms with Crippen LogP contribution in [0.15, 0.2) is 42.9 Å². The number of aryl methyl sites for hydroxylation is 1. The highest BCUT2D eigenvalue weighted by molar-refractivity contribution is 6.07. The van der Waals surface area contributed by atoms with Gasteiger partial charge in [-0.25, -0.2) is 9.97 Å². The molecule has 1 amide bonds. The van der Waals surface area contributed by atoms with Gasteiger partial charge < -0.3 is 15.4 Å². The number of carbonyl (C=O) groups is 1. The molecular formula is C20H21N5O2. The molecule has 1 fully saturated rings. The molecular weight excluding hydrogens is 342 g/mol. The summed E-state index contributed by atoms with van der Waals surface area (Å²) in [6, 6.07) is 7.78. The zero-order valence-electron chi connectivity index (χ0n) is 15.1. The average Bonchev–Trinajstić information content (AvgIpc) is 2.69. The Kier molecular flexibility index (Phi) is 4.93. The van der Waals surface area contributed by atoms with E-state index in [0.29, 0.717) is 11.6 Å². The number of hydrogen-bond donors (Lipinski definition) is 2. The third kappa shape index (κ3) is 4.03. The summed E-state index contributed by atoms with van der Waals surface area (Å²) < 4.78 is 5.83. The van der Waals surface area contributed by atoms with Crippen molar-refractivity contribution in [2.75, 3.05) is 18.4 Å². The van der Waals surface area contributed by atoms with Crippen molar-refractivity contribution in [3.8, 4) is 5.88 Å². The molecule has 0 unspecified atom stereocenters. The van der Waals surface area contributed by atoms with Gasteiger partial charge in [-0.2, -0.15) is 0 Å². The minimum atomic E-state index is -0.325. The Morgan fingerprint density at radius 2 is 2.04 bits per heavy atom. The molecule has 1 saturated heterocycles. The molecule has 0 bridgehead atoms. The van der Waals surface area contributed by atoms with E-state index in [9.17, 15) is 4.79 Å². The van der Waals surface area contributed by atoms with Crippen LogP contribution in [0, 0.1) is 6.92 Å². The lowest BCUT2D eigenvalue weighted by atomic mass is 10.1. The molecule has 1 aliphatic heterocycles. The Balaban J connectivity index is 1.48. The maximum Gasteiger partial charge on any atom is 0.275 e. The summed E-state index contributed by atoms with van der Waals surface area (Å²) in [5.74, 6) is 0.120. The number of anilines is 1. The Labute approximate surface area is 157 Å². The van der Waals surface area contributed by atoms with E-state index >= 15 is 0 Å². The van der Waals surface area contributed by atoms with Crippen molar-refractivity contribution in [3.05, 3.63) is 54.1 Å². The molecule has 4 rings (SSSR count). The van der Waals surface area contributed by atoms with Crippen molar-refractivity contribution in [2.24, 2.45) is 0 Å². The molecule has 3 heterocycles. The van der Waals surface area contributed by atoms with Gasteiger partial charge in [-0.15, -0.1) is 0 Å². The standard InChI is InChI=1S/C20H21N5O2/c1-13-9-14-3-2-6-22-19(14)16(10-13)25-20(26)17-11-24-18(12-23-17)27-15-4-7-21-8-5-15/h2-3,6,9-12,15,21H,4-5,7-8H2,1H3,(H,25,26). The first-order chi connectivity index (χ1) is 13.2. The Bertz CT molecular complexity index is 952. The van der Waals surface area contributed by atoms with Crippen molar-refractivity contribution in [2.45, 2.75) is 25.9 Å². The van der Waals surface area contributed by atoms with Crippen LogP contribution in [0.2, 0.25) is 0 Å². The van der Waals surface area contributed by atoms with Gasteiger partial charge in [-0.05, 0) is 56.6 Å². The Hall–Kier alpha value is -3.06. The fourth-order valence-corrected chi connectivity index (χ4v) is 3.20. The van der Waals surface area contributed by atoms with Gasteiger partial charge in [0.1, 0.15) is 11.8 Å². The average molecular weight is 363 g/mol. The number of benzene rings is 1. The smallest absolute Gasteiger partial charge is 0.275 e. The summed E-state index contributed by atoms with van der Waals surface area (Å²) in [5.41, 5.74) is 2.68. The summed E-state index contributed by atoms with van der Waals surface area (Å²) in [6.07, 6.45) is 6.68. The van der Waals surface area contributed by atoms with Crippen LogP contribution in [-0.4, -0.2) is 40.1 Å². The van der Waals surface area contributed by atoms with Crippen LogP contribution in [0.25, 0.3) is 10.9 Å². The highest BCUT2D eigenvalue weighted by atomic mass is 16.5. The number of fused-ring (bicyclic) bond motifs is 1. The minimum Gasteiger partial charge on any atom is -0.473 e. The zero-order valence-corrected chi connectivity index (χ0v) is 15.1. The lowest BCUT2D eigenvalue weighted by Crippen LogP contribution is -2.34. The highest BCUT2D eigenvalue weighted by Crippen LogP contribution is 2.23. The van der Waals surface area contributed by atoms with Crippen LogP contribution in [0.5, 0.6) is 5.88 Å². The van der Waals surface area contributed by atoms with E-state index < -0.39 is 0 Å². The zero-order chi connectivity index (χ0) is 18.6. The van der Waals surface area contributed by atoms with Crippen LogP contribution in [0.3, 0.4) is 0 Å². The number of nitrogens with zero attached hydrogens (tertiary/aromatic N) is 3. The molecule has 27 heavy (non-hydrogen) atoms. The van der Waals surface area contributed by atoms with Gasteiger partial charge in [-0.3, -0.25) is 9.78 Å². The van der Waals surface area contributed by atoms with Crippen LogP contribution in [0.4, 0.5) is 5.69 Å². The molecule has 0 radical (unpaired) electrons. The second-order valence-electron chi connectivity index (χ2n) is 6.65. The fourth-order valence-electron chi connectivity index (χ4n) is 3.20. The van der Waals surface area contributed by atoms with Crippen molar-refractivity contribution in [1.29, 1.82) is 0 Å². The summed E-state index contributed by atoms with van der Waals surface area (Å²) in [5, 5.41) is 7.16. The number of ether oxygens (including phenoxy) is 1. The summed E-state index contributed by atoms with van der Waals surface area (Å²) in [7, 11) is 0. The number of nitrogens with one attached hydrogen (secondary N) is 2. The maximum atomic E-state index is 12.6. The molecule has 0 aliphatic carbocycles. The van der Waals surface area contributed by atoms with E-state index in [1.54, 1.807) is 6.20 Å². The molecule has 3 aromatic rings. The van der Waals surface area contributed by atoms with Crippen LogP contribution < -0.4 is 15.4 Å². The number of aromatic nitrogens is 3. The first kappa shape index (κ1) is 17.4. The SMILES string of the molecule is Cc1cc(NC(=O)c2cnc(OC3CCNCC3)cn2)c2ncccc2c1. The number of rotatable bonds is 4. The number of hydrogen-bond acceptors (Lipinski definition) is 6. The van der Waals surface area contributed by atoms with Crippen LogP contribution in [0.1, 0.15) is 28.9 Å². The molecule has 0 spiro atoms. The van der Waals surface area contributed by atoms with Crippen LogP contribution >= 0.6 is 0 Å². The van der Waals surface area contributed by atoms with E-state index in [4.69, 9.17) is 4.74 Å². The van der Waals surface area contributed by atoms with Gasteiger partial charge >= 0.3 is 0 Å². The Morgan fingerprint density at radius 3 is 2.81 bits per heavy atom.